The third-order valence-electron chi connectivity index (χ3n) is 7.26. The van der Waals surface area contributed by atoms with E-state index in [1.807, 2.05) is 0 Å². The molecule has 0 heterocycles. The summed E-state index contributed by atoms with van der Waals surface area (Å²) in [6.07, 6.45) is 17.7. The molecule has 2 aliphatic carbocycles. The molecular weight excluding hydrogens is 376 g/mol. The van der Waals surface area contributed by atoms with Crippen LogP contribution < -0.4 is 0 Å². The molecule has 1 N–H and O–H groups in total. The van der Waals surface area contributed by atoms with Crippen molar-refractivity contribution in [3.8, 4) is 0 Å². The molecule has 0 saturated carbocycles. The molecule has 0 bridgehead atoms. The molecule has 2 nitrogen and oxygen atoms in total. The van der Waals surface area contributed by atoms with E-state index in [1.54, 1.807) is 6.21 Å². The zero-order chi connectivity index (χ0) is 23.0. The van der Waals surface area contributed by atoms with Crippen molar-refractivity contribution in [3.63, 3.8) is 0 Å². The van der Waals surface area contributed by atoms with E-state index in [0.717, 1.165) is 49.1 Å². The lowest BCUT2D eigenvalue weighted by atomic mass is 9.66. The lowest BCUT2D eigenvalue weighted by Gasteiger charge is -2.38. The van der Waals surface area contributed by atoms with E-state index >= 15 is 0 Å². The second kappa shape index (κ2) is 11.6. The first kappa shape index (κ1) is 25.3. The van der Waals surface area contributed by atoms with Gasteiger partial charge >= 0.3 is 0 Å². The number of hydrogen-bond acceptors (Lipinski definition) is 2. The summed E-state index contributed by atoms with van der Waals surface area (Å²) < 4.78 is 0. The maximum absolute atomic E-state index is 8.17. The summed E-state index contributed by atoms with van der Waals surface area (Å²) in [6, 6.07) is 0. The number of nitrogens with zero attached hydrogens (tertiary/aromatic N) is 1. The highest BCUT2D eigenvalue weighted by molar-refractivity contribution is 5.87. The van der Waals surface area contributed by atoms with Gasteiger partial charge in [-0.25, -0.2) is 0 Å². The maximum atomic E-state index is 8.17. The average molecular weight is 421 g/mol. The van der Waals surface area contributed by atoms with Crippen LogP contribution in [0.2, 0.25) is 0 Å². The molecule has 170 valence electrons. The molecule has 2 heteroatoms. The number of allylic oxidation sites excluding steroid dienone is 11. The van der Waals surface area contributed by atoms with Gasteiger partial charge in [0.25, 0.3) is 0 Å². The number of rotatable bonds is 10. The Morgan fingerprint density at radius 1 is 1.16 bits per heavy atom. The molecule has 0 atom stereocenters. The van der Waals surface area contributed by atoms with Crippen LogP contribution in [0.15, 0.2) is 69.9 Å². The van der Waals surface area contributed by atoms with E-state index in [4.69, 9.17) is 5.41 Å². The van der Waals surface area contributed by atoms with Gasteiger partial charge in [0.05, 0.1) is 0 Å². The average Bonchev–Trinajstić information content (AvgIpc) is 2.96. The highest BCUT2D eigenvalue weighted by atomic mass is 15.1. The summed E-state index contributed by atoms with van der Waals surface area (Å²) in [5.74, 6) is 0. The fourth-order valence-corrected chi connectivity index (χ4v) is 4.79. The summed E-state index contributed by atoms with van der Waals surface area (Å²) in [5, 5.41) is 8.17. The lowest BCUT2D eigenvalue weighted by molar-refractivity contribution is 0.297. The molecule has 0 radical (unpaired) electrons. The topological polar surface area (TPSA) is 27.1 Å². The Morgan fingerprint density at radius 2 is 1.87 bits per heavy atom. The highest BCUT2D eigenvalue weighted by Crippen LogP contribution is 2.48. The largest absolute Gasteiger partial charge is 0.308 e. The monoisotopic (exact) mass is 420 g/mol. The van der Waals surface area contributed by atoms with Gasteiger partial charge in [-0.2, -0.15) is 0 Å². The second-order valence-corrected chi connectivity index (χ2v) is 9.49. The molecule has 0 fully saturated rings. The van der Waals surface area contributed by atoms with E-state index in [2.05, 4.69) is 77.3 Å². The zero-order valence-electron chi connectivity index (χ0n) is 20.9. The van der Waals surface area contributed by atoms with Crippen molar-refractivity contribution in [2.45, 2.75) is 80.1 Å². The van der Waals surface area contributed by atoms with Crippen molar-refractivity contribution in [2.75, 3.05) is 19.6 Å². The molecule has 0 aromatic heterocycles. The van der Waals surface area contributed by atoms with Crippen LogP contribution in [-0.4, -0.2) is 30.7 Å². The number of unbranched alkanes of at least 4 members (excludes halogenated alkanes) is 2. The second-order valence-electron chi connectivity index (χ2n) is 9.49. The molecule has 0 aromatic carbocycles. The van der Waals surface area contributed by atoms with Crippen molar-refractivity contribution in [1.82, 2.24) is 4.90 Å². The fourth-order valence-electron chi connectivity index (χ4n) is 4.79. The Bertz CT molecular complexity index is 823. The van der Waals surface area contributed by atoms with Crippen molar-refractivity contribution in [3.05, 3.63) is 69.9 Å². The van der Waals surface area contributed by atoms with Gasteiger partial charge in [0.15, 0.2) is 0 Å². The first-order chi connectivity index (χ1) is 14.8. The van der Waals surface area contributed by atoms with Gasteiger partial charge < -0.3 is 10.3 Å². The Hall–Kier alpha value is -1.93. The molecule has 0 unspecified atom stereocenters. The minimum absolute atomic E-state index is 0.172. The van der Waals surface area contributed by atoms with Crippen LogP contribution in [-0.2, 0) is 0 Å². The predicted molar refractivity (Wildman–Crippen MR) is 138 cm³/mol. The van der Waals surface area contributed by atoms with Crippen LogP contribution in [0.3, 0.4) is 0 Å². The van der Waals surface area contributed by atoms with Gasteiger partial charge in [-0.3, -0.25) is 0 Å². The van der Waals surface area contributed by atoms with Gasteiger partial charge in [0, 0.05) is 11.6 Å². The van der Waals surface area contributed by atoms with Crippen LogP contribution >= 0.6 is 0 Å². The van der Waals surface area contributed by atoms with Crippen LogP contribution in [0.25, 0.3) is 0 Å². The smallest absolute Gasteiger partial charge is 0.0224 e. The highest BCUT2D eigenvalue weighted by Gasteiger charge is 2.35. The molecule has 0 aliphatic heterocycles. The molecule has 0 saturated heterocycles. The van der Waals surface area contributed by atoms with E-state index in [0.29, 0.717) is 0 Å². The van der Waals surface area contributed by atoms with Crippen molar-refractivity contribution in [2.24, 2.45) is 5.41 Å². The Kier molecular flexibility index (Phi) is 9.50. The quantitative estimate of drug-likeness (QED) is 0.281. The predicted octanol–water partition coefficient (Wildman–Crippen LogP) is 7.97. The van der Waals surface area contributed by atoms with Gasteiger partial charge in [0.2, 0.25) is 0 Å². The van der Waals surface area contributed by atoms with Crippen LogP contribution in [0.4, 0.5) is 0 Å². The van der Waals surface area contributed by atoms with Crippen molar-refractivity contribution >= 4 is 6.21 Å². The Balaban J connectivity index is 2.28. The molecule has 0 aromatic rings. The summed E-state index contributed by atoms with van der Waals surface area (Å²) in [6.45, 7) is 21.5. The molecule has 31 heavy (non-hydrogen) atoms. The SMILES string of the molecule is C=C1C(/C=C\CCCCN(CC)CC)=C(C=N)C(C)(C)C(C)=C1C1=C(C)CCCC=C1. The van der Waals surface area contributed by atoms with E-state index in [-0.39, 0.29) is 5.41 Å². The van der Waals surface area contributed by atoms with Crippen LogP contribution in [0.1, 0.15) is 80.1 Å². The summed E-state index contributed by atoms with van der Waals surface area (Å²) in [5.41, 5.74) is 8.56. The fraction of sp³-hybridized carbons (Fsp3) is 0.552. The molecule has 0 amide bonds. The van der Waals surface area contributed by atoms with Crippen molar-refractivity contribution < 1.29 is 0 Å². The molecule has 2 aliphatic rings. The standard InChI is InChI=1S/C29H44N2/c1-8-31(9-2)20-16-11-10-14-19-26-23(4)28(24(5)29(6,7)27(26)21-30)25-18-15-12-13-17-22(25)3/h14-15,18-19,21,30H,4,8-13,16-17,20H2,1-3,5-7H3/b19-14-,30-21?. The first-order valence-corrected chi connectivity index (χ1v) is 12.2. The Labute approximate surface area is 191 Å². The summed E-state index contributed by atoms with van der Waals surface area (Å²) in [4.78, 5) is 2.49. The summed E-state index contributed by atoms with van der Waals surface area (Å²) in [7, 11) is 0. The number of hydrogen-bond donors (Lipinski definition) is 1. The Morgan fingerprint density at radius 3 is 2.52 bits per heavy atom. The van der Waals surface area contributed by atoms with Gasteiger partial charge in [-0.1, -0.05) is 69.7 Å². The van der Waals surface area contributed by atoms with Crippen molar-refractivity contribution in [1.29, 1.82) is 5.41 Å². The third-order valence-corrected chi connectivity index (χ3v) is 7.26. The molecule has 2 rings (SSSR count). The first-order valence-electron chi connectivity index (χ1n) is 12.2. The third kappa shape index (κ3) is 5.86. The summed E-state index contributed by atoms with van der Waals surface area (Å²) >= 11 is 0. The van der Waals surface area contributed by atoms with Crippen LogP contribution in [0.5, 0.6) is 0 Å². The zero-order valence-corrected chi connectivity index (χ0v) is 20.9. The van der Waals surface area contributed by atoms with E-state index < -0.39 is 0 Å². The molecular formula is C29H44N2. The number of nitrogens with one attached hydrogen (secondary N) is 1. The molecule has 0 spiro atoms. The van der Waals surface area contributed by atoms with Gasteiger partial charge in [-0.05, 0) is 99.9 Å². The lowest BCUT2D eigenvalue weighted by Crippen LogP contribution is -2.26. The van der Waals surface area contributed by atoms with Crippen LogP contribution in [0, 0.1) is 10.8 Å². The minimum Gasteiger partial charge on any atom is -0.308 e. The maximum Gasteiger partial charge on any atom is 0.0224 e. The van der Waals surface area contributed by atoms with Gasteiger partial charge in [0.1, 0.15) is 0 Å². The van der Waals surface area contributed by atoms with Gasteiger partial charge in [-0.15, -0.1) is 0 Å². The normalized spacial score (nSPS) is 19.8. The minimum atomic E-state index is -0.172. The van der Waals surface area contributed by atoms with E-state index in [9.17, 15) is 0 Å². The van der Waals surface area contributed by atoms with E-state index in [1.165, 1.54) is 48.1 Å².